The second-order valence-electron chi connectivity index (χ2n) is 6.30. The summed E-state index contributed by atoms with van der Waals surface area (Å²) < 4.78 is 38.4. The zero-order valence-corrected chi connectivity index (χ0v) is 19.0. The number of carbonyl (C=O) groups excluding carboxylic acids is 1. The van der Waals surface area contributed by atoms with Crippen molar-refractivity contribution < 1.29 is 18.0 Å². The van der Waals surface area contributed by atoms with E-state index in [-0.39, 0.29) is 36.4 Å². The van der Waals surface area contributed by atoms with Gasteiger partial charge in [0.2, 0.25) is 0 Å². The van der Waals surface area contributed by atoms with Gasteiger partial charge in [-0.25, -0.2) is 4.99 Å². The van der Waals surface area contributed by atoms with Crippen LogP contribution in [0.25, 0.3) is 0 Å². The fourth-order valence-electron chi connectivity index (χ4n) is 2.55. The molecule has 0 aliphatic heterocycles. The molecule has 0 aliphatic rings. The van der Waals surface area contributed by atoms with Gasteiger partial charge in [-0.1, -0.05) is 30.3 Å². The van der Waals surface area contributed by atoms with Gasteiger partial charge in [-0.05, 0) is 43.2 Å². The molecule has 2 aromatic carbocycles. The quantitative estimate of drug-likeness (QED) is 0.206. The molecule has 3 N–H and O–H groups in total. The molecule has 1 amide bonds. The van der Waals surface area contributed by atoms with Crippen molar-refractivity contribution >= 4 is 35.8 Å². The Morgan fingerprint density at radius 3 is 2.33 bits per heavy atom. The number of halogens is 4. The predicted octanol–water partition coefficient (Wildman–Crippen LogP) is 4.20. The van der Waals surface area contributed by atoms with Crippen molar-refractivity contribution in [3.8, 4) is 0 Å². The third-order valence-electron chi connectivity index (χ3n) is 3.99. The Bertz CT molecular complexity index is 813. The number of carbonyl (C=O) groups is 1. The lowest BCUT2D eigenvalue weighted by atomic mass is 10.1. The summed E-state index contributed by atoms with van der Waals surface area (Å²) in [6.45, 7) is 3.71. The van der Waals surface area contributed by atoms with Crippen LogP contribution in [-0.2, 0) is 12.7 Å². The van der Waals surface area contributed by atoms with Gasteiger partial charge in [0, 0.05) is 25.2 Å². The standard InChI is InChI=1S/C21H25F3N4O.HI/c1-2-25-20(28-15-16-8-6-11-18(14-16)21(22,23)24)27-13-7-12-26-19(29)17-9-4-3-5-10-17;/h3-6,8-11,14H,2,7,12-13,15H2,1H3,(H,26,29)(H2,25,27,28);1H. The Morgan fingerprint density at radius 1 is 0.967 bits per heavy atom. The van der Waals surface area contributed by atoms with Gasteiger partial charge in [-0.2, -0.15) is 13.2 Å². The highest BCUT2D eigenvalue weighted by Gasteiger charge is 2.30. The van der Waals surface area contributed by atoms with E-state index in [0.717, 1.165) is 12.1 Å². The van der Waals surface area contributed by atoms with Gasteiger partial charge in [-0.3, -0.25) is 4.79 Å². The molecule has 9 heteroatoms. The Kier molecular flexibility index (Phi) is 11.2. The molecule has 0 radical (unpaired) electrons. The summed E-state index contributed by atoms with van der Waals surface area (Å²) in [5.74, 6) is 0.384. The zero-order chi connectivity index (χ0) is 21.1. The zero-order valence-electron chi connectivity index (χ0n) is 16.6. The van der Waals surface area contributed by atoms with Crippen LogP contribution >= 0.6 is 24.0 Å². The lowest BCUT2D eigenvalue weighted by Crippen LogP contribution is -2.38. The summed E-state index contributed by atoms with van der Waals surface area (Å²) in [7, 11) is 0. The summed E-state index contributed by atoms with van der Waals surface area (Å²) in [5.41, 5.74) is 0.404. The average Bonchev–Trinajstić information content (AvgIpc) is 2.71. The molecular weight excluding hydrogens is 508 g/mol. The number of amides is 1. The van der Waals surface area contributed by atoms with Crippen LogP contribution in [-0.4, -0.2) is 31.5 Å². The fraction of sp³-hybridized carbons (Fsp3) is 0.333. The lowest BCUT2D eigenvalue weighted by Gasteiger charge is -2.12. The van der Waals surface area contributed by atoms with Crippen LogP contribution in [0.15, 0.2) is 59.6 Å². The molecule has 30 heavy (non-hydrogen) atoms. The summed E-state index contributed by atoms with van der Waals surface area (Å²) in [6, 6.07) is 14.1. The first-order valence-corrected chi connectivity index (χ1v) is 9.41. The van der Waals surface area contributed by atoms with E-state index >= 15 is 0 Å². The Morgan fingerprint density at radius 2 is 1.67 bits per heavy atom. The second-order valence-corrected chi connectivity index (χ2v) is 6.30. The maximum absolute atomic E-state index is 12.8. The van der Waals surface area contributed by atoms with Crippen LogP contribution in [0.1, 0.15) is 34.8 Å². The van der Waals surface area contributed by atoms with Crippen molar-refractivity contribution in [2.75, 3.05) is 19.6 Å². The Hall–Kier alpha value is -2.30. The summed E-state index contributed by atoms with van der Waals surface area (Å²) in [6.07, 6.45) is -3.70. The maximum atomic E-state index is 12.8. The molecule has 0 saturated heterocycles. The molecule has 2 aromatic rings. The van der Waals surface area contributed by atoms with Crippen LogP contribution in [0.3, 0.4) is 0 Å². The van der Waals surface area contributed by atoms with Gasteiger partial charge in [0.05, 0.1) is 12.1 Å². The second kappa shape index (κ2) is 13.1. The van der Waals surface area contributed by atoms with Crippen molar-refractivity contribution in [3.05, 3.63) is 71.3 Å². The van der Waals surface area contributed by atoms with Crippen LogP contribution in [0, 0.1) is 0 Å². The van der Waals surface area contributed by atoms with Gasteiger partial charge >= 0.3 is 6.18 Å². The predicted molar refractivity (Wildman–Crippen MR) is 123 cm³/mol. The van der Waals surface area contributed by atoms with E-state index in [4.69, 9.17) is 0 Å². The highest BCUT2D eigenvalue weighted by molar-refractivity contribution is 14.0. The van der Waals surface area contributed by atoms with Crippen molar-refractivity contribution in [1.82, 2.24) is 16.0 Å². The number of guanidine groups is 1. The smallest absolute Gasteiger partial charge is 0.357 e. The highest BCUT2D eigenvalue weighted by Crippen LogP contribution is 2.29. The number of aliphatic imine (C=N–C) groups is 1. The molecule has 0 aromatic heterocycles. The van der Waals surface area contributed by atoms with E-state index in [1.807, 2.05) is 13.0 Å². The number of nitrogens with zero attached hydrogens (tertiary/aromatic N) is 1. The van der Waals surface area contributed by atoms with Gasteiger partial charge in [0.15, 0.2) is 5.96 Å². The number of rotatable bonds is 8. The van der Waals surface area contributed by atoms with E-state index < -0.39 is 11.7 Å². The Balaban J connectivity index is 0.00000450. The molecule has 2 rings (SSSR count). The van der Waals surface area contributed by atoms with Gasteiger partial charge in [-0.15, -0.1) is 24.0 Å². The first kappa shape index (κ1) is 25.7. The van der Waals surface area contributed by atoms with E-state index in [9.17, 15) is 18.0 Å². The van der Waals surface area contributed by atoms with E-state index in [2.05, 4.69) is 20.9 Å². The molecule has 0 atom stereocenters. The highest BCUT2D eigenvalue weighted by atomic mass is 127. The largest absolute Gasteiger partial charge is 0.416 e. The molecule has 0 saturated carbocycles. The number of alkyl halides is 3. The monoisotopic (exact) mass is 534 g/mol. The molecule has 0 unspecified atom stereocenters. The van der Waals surface area contributed by atoms with E-state index in [0.29, 0.717) is 43.1 Å². The first-order valence-electron chi connectivity index (χ1n) is 9.41. The van der Waals surface area contributed by atoms with E-state index in [1.165, 1.54) is 6.07 Å². The third-order valence-corrected chi connectivity index (χ3v) is 3.99. The molecule has 0 spiro atoms. The van der Waals surface area contributed by atoms with Crippen LogP contribution in [0.4, 0.5) is 13.2 Å². The molecule has 0 aliphatic carbocycles. The SMILES string of the molecule is CCNC(=NCc1cccc(C(F)(F)F)c1)NCCCNC(=O)c1ccccc1.I. The maximum Gasteiger partial charge on any atom is 0.416 e. The minimum Gasteiger partial charge on any atom is -0.357 e. The lowest BCUT2D eigenvalue weighted by molar-refractivity contribution is -0.137. The minimum absolute atomic E-state index is 0. The minimum atomic E-state index is -4.37. The van der Waals surface area contributed by atoms with Crippen LogP contribution in [0.2, 0.25) is 0 Å². The van der Waals surface area contributed by atoms with Crippen LogP contribution in [0.5, 0.6) is 0 Å². The molecule has 0 heterocycles. The van der Waals surface area contributed by atoms with Crippen molar-refractivity contribution in [3.63, 3.8) is 0 Å². The van der Waals surface area contributed by atoms with Crippen molar-refractivity contribution in [1.29, 1.82) is 0 Å². The van der Waals surface area contributed by atoms with Crippen LogP contribution < -0.4 is 16.0 Å². The first-order chi connectivity index (χ1) is 13.9. The average molecular weight is 534 g/mol. The summed E-state index contributed by atoms with van der Waals surface area (Å²) in [4.78, 5) is 16.3. The summed E-state index contributed by atoms with van der Waals surface area (Å²) in [5, 5.41) is 9.00. The third kappa shape index (κ3) is 9.02. The Labute approximate surface area is 191 Å². The normalized spacial score (nSPS) is 11.4. The van der Waals surface area contributed by atoms with Gasteiger partial charge in [0.25, 0.3) is 5.91 Å². The van der Waals surface area contributed by atoms with Gasteiger partial charge in [0.1, 0.15) is 0 Å². The number of hydrogen-bond acceptors (Lipinski definition) is 2. The number of hydrogen-bond donors (Lipinski definition) is 3. The van der Waals surface area contributed by atoms with E-state index in [1.54, 1.807) is 30.3 Å². The number of nitrogens with one attached hydrogen (secondary N) is 3. The van der Waals surface area contributed by atoms with Crippen molar-refractivity contribution in [2.24, 2.45) is 4.99 Å². The molecule has 5 nitrogen and oxygen atoms in total. The van der Waals surface area contributed by atoms with Crippen molar-refractivity contribution in [2.45, 2.75) is 26.1 Å². The number of benzene rings is 2. The molecule has 0 fully saturated rings. The fourth-order valence-corrected chi connectivity index (χ4v) is 2.55. The topological polar surface area (TPSA) is 65.5 Å². The molecule has 164 valence electrons. The molecule has 0 bridgehead atoms. The summed E-state index contributed by atoms with van der Waals surface area (Å²) >= 11 is 0. The van der Waals surface area contributed by atoms with Gasteiger partial charge < -0.3 is 16.0 Å². The molecular formula is C21H26F3IN4O.